The van der Waals surface area contributed by atoms with Gasteiger partial charge in [0.2, 0.25) is 5.91 Å². The number of rotatable bonds is 5. The Morgan fingerprint density at radius 1 is 1.59 bits per heavy atom. The second-order valence-electron chi connectivity index (χ2n) is 5.26. The van der Waals surface area contributed by atoms with E-state index in [1.807, 2.05) is 0 Å². The van der Waals surface area contributed by atoms with Crippen molar-refractivity contribution in [2.45, 2.75) is 6.10 Å². The first-order valence-electron chi connectivity index (χ1n) is 6.94. The Labute approximate surface area is 134 Å². The van der Waals surface area contributed by atoms with E-state index < -0.39 is 5.91 Å². The van der Waals surface area contributed by atoms with Crippen molar-refractivity contribution in [2.24, 2.45) is 5.73 Å². The zero-order valence-corrected chi connectivity index (χ0v) is 13.1. The van der Waals surface area contributed by atoms with Crippen LogP contribution in [-0.4, -0.2) is 72.5 Å². The highest BCUT2D eigenvalue weighted by molar-refractivity contribution is 6.33. The maximum Gasteiger partial charge on any atom is 0.255 e. The maximum absolute atomic E-state index is 12.5. The summed E-state index contributed by atoms with van der Waals surface area (Å²) in [6.07, 6.45) is 2.83. The molecule has 0 aromatic carbocycles. The monoisotopic (exact) mass is 326 g/mol. The van der Waals surface area contributed by atoms with Gasteiger partial charge in [0.25, 0.3) is 5.91 Å². The third-order valence-electron chi connectivity index (χ3n) is 3.37. The SMILES string of the molecule is CN(CC(N)=O)C[C@@H]1CN(C(=O)c2ccncc2Cl)CCO1. The van der Waals surface area contributed by atoms with E-state index in [2.05, 4.69) is 4.98 Å². The van der Waals surface area contributed by atoms with Gasteiger partial charge in [-0.25, -0.2) is 0 Å². The van der Waals surface area contributed by atoms with Gasteiger partial charge in [0, 0.05) is 32.0 Å². The largest absolute Gasteiger partial charge is 0.373 e. The highest BCUT2D eigenvalue weighted by atomic mass is 35.5. The number of amides is 2. The van der Waals surface area contributed by atoms with Gasteiger partial charge in [-0.1, -0.05) is 11.6 Å². The van der Waals surface area contributed by atoms with Crippen LogP contribution in [0.25, 0.3) is 0 Å². The number of aromatic nitrogens is 1. The first kappa shape index (κ1) is 16.7. The summed E-state index contributed by atoms with van der Waals surface area (Å²) in [5.74, 6) is -0.534. The third kappa shape index (κ3) is 4.40. The maximum atomic E-state index is 12.5. The molecule has 0 bridgehead atoms. The molecule has 2 amide bonds. The van der Waals surface area contributed by atoms with Crippen LogP contribution < -0.4 is 5.73 Å². The number of hydrogen-bond acceptors (Lipinski definition) is 5. The number of carbonyl (C=O) groups is 2. The van der Waals surface area contributed by atoms with Crippen LogP contribution in [0.5, 0.6) is 0 Å². The van der Waals surface area contributed by atoms with Crippen LogP contribution in [0.1, 0.15) is 10.4 Å². The number of primary amides is 1. The van der Waals surface area contributed by atoms with Crippen molar-refractivity contribution in [1.29, 1.82) is 0 Å². The Hall–Kier alpha value is -1.70. The van der Waals surface area contributed by atoms with Gasteiger partial charge in [0.15, 0.2) is 0 Å². The molecule has 1 aromatic rings. The Balaban J connectivity index is 1.97. The number of hydrogen-bond donors (Lipinski definition) is 1. The van der Waals surface area contributed by atoms with Crippen molar-refractivity contribution in [2.75, 3.05) is 39.8 Å². The smallest absolute Gasteiger partial charge is 0.255 e. The molecule has 0 radical (unpaired) electrons. The van der Waals surface area contributed by atoms with Crippen molar-refractivity contribution in [3.05, 3.63) is 29.0 Å². The van der Waals surface area contributed by atoms with Crippen molar-refractivity contribution in [3.8, 4) is 0 Å². The van der Waals surface area contributed by atoms with Crippen LogP contribution in [0.4, 0.5) is 0 Å². The molecule has 22 heavy (non-hydrogen) atoms. The molecule has 1 aromatic heterocycles. The second kappa shape index (κ2) is 7.53. The number of pyridine rings is 1. The Morgan fingerprint density at radius 2 is 2.36 bits per heavy atom. The van der Waals surface area contributed by atoms with E-state index >= 15 is 0 Å². The molecular formula is C14H19ClN4O3. The average Bonchev–Trinajstić information content (AvgIpc) is 2.46. The molecule has 1 aliphatic rings. The van der Waals surface area contributed by atoms with Gasteiger partial charge < -0.3 is 15.4 Å². The van der Waals surface area contributed by atoms with E-state index in [0.717, 1.165) is 0 Å². The minimum absolute atomic E-state index is 0.141. The summed E-state index contributed by atoms with van der Waals surface area (Å²) >= 11 is 6.02. The van der Waals surface area contributed by atoms with Gasteiger partial charge in [0.05, 0.1) is 29.8 Å². The number of carbonyl (C=O) groups excluding carboxylic acids is 2. The van der Waals surface area contributed by atoms with Crippen LogP contribution in [0.2, 0.25) is 5.02 Å². The molecule has 7 nitrogen and oxygen atoms in total. The number of ether oxygens (including phenoxy) is 1. The van der Waals surface area contributed by atoms with E-state index in [9.17, 15) is 9.59 Å². The molecule has 8 heteroatoms. The topological polar surface area (TPSA) is 88.8 Å². The molecule has 1 aliphatic heterocycles. The second-order valence-corrected chi connectivity index (χ2v) is 5.67. The van der Waals surface area contributed by atoms with Gasteiger partial charge in [-0.3, -0.25) is 19.5 Å². The molecule has 1 atom stereocenters. The molecule has 2 rings (SSSR count). The fraction of sp³-hybridized carbons (Fsp3) is 0.500. The summed E-state index contributed by atoms with van der Waals surface area (Å²) in [5, 5.41) is 0.335. The summed E-state index contributed by atoms with van der Waals surface area (Å²) in [4.78, 5) is 30.8. The summed E-state index contributed by atoms with van der Waals surface area (Å²) < 4.78 is 5.64. The fourth-order valence-corrected chi connectivity index (χ4v) is 2.61. The normalized spacial score (nSPS) is 18.5. The Kier molecular flexibility index (Phi) is 5.70. The highest BCUT2D eigenvalue weighted by Gasteiger charge is 2.27. The lowest BCUT2D eigenvalue weighted by molar-refractivity contribution is -0.119. The Bertz CT molecular complexity index is 555. The van der Waals surface area contributed by atoms with E-state index in [1.165, 1.54) is 12.4 Å². The molecule has 2 N–H and O–H groups in total. The van der Waals surface area contributed by atoms with Gasteiger partial charge >= 0.3 is 0 Å². The summed E-state index contributed by atoms with van der Waals surface area (Å²) in [6, 6.07) is 1.61. The molecule has 2 heterocycles. The lowest BCUT2D eigenvalue weighted by Gasteiger charge is -2.34. The van der Waals surface area contributed by atoms with Crippen molar-refractivity contribution in [3.63, 3.8) is 0 Å². The summed E-state index contributed by atoms with van der Waals surface area (Å²) in [6.45, 7) is 2.08. The van der Waals surface area contributed by atoms with Gasteiger partial charge in [0.1, 0.15) is 0 Å². The number of halogens is 1. The molecule has 120 valence electrons. The number of likely N-dealkylation sites (N-methyl/N-ethyl adjacent to an activating group) is 1. The minimum Gasteiger partial charge on any atom is -0.373 e. The van der Waals surface area contributed by atoms with Gasteiger partial charge in [-0.15, -0.1) is 0 Å². The van der Waals surface area contributed by atoms with Crippen LogP contribution in [0.3, 0.4) is 0 Å². The molecular weight excluding hydrogens is 308 g/mol. The quantitative estimate of drug-likeness (QED) is 0.822. The average molecular weight is 327 g/mol. The van der Waals surface area contributed by atoms with Crippen molar-refractivity contribution >= 4 is 23.4 Å². The van der Waals surface area contributed by atoms with E-state index in [1.54, 1.807) is 22.9 Å². The lowest BCUT2D eigenvalue weighted by atomic mass is 10.2. The molecule has 0 unspecified atom stereocenters. The molecule has 1 fully saturated rings. The molecule has 0 saturated carbocycles. The zero-order valence-electron chi connectivity index (χ0n) is 12.4. The Morgan fingerprint density at radius 3 is 3.05 bits per heavy atom. The molecule has 1 saturated heterocycles. The summed E-state index contributed by atoms with van der Waals surface area (Å²) in [5.41, 5.74) is 5.59. The molecule has 0 aliphatic carbocycles. The first-order valence-corrected chi connectivity index (χ1v) is 7.32. The van der Waals surface area contributed by atoms with E-state index in [0.29, 0.717) is 36.8 Å². The molecule has 0 spiro atoms. The first-order chi connectivity index (χ1) is 10.5. The van der Waals surface area contributed by atoms with Crippen LogP contribution >= 0.6 is 11.6 Å². The number of nitrogens with two attached hydrogens (primary N) is 1. The van der Waals surface area contributed by atoms with Crippen LogP contribution in [0, 0.1) is 0 Å². The van der Waals surface area contributed by atoms with Crippen molar-refractivity contribution in [1.82, 2.24) is 14.8 Å². The van der Waals surface area contributed by atoms with Crippen LogP contribution in [-0.2, 0) is 9.53 Å². The van der Waals surface area contributed by atoms with E-state index in [-0.39, 0.29) is 18.6 Å². The van der Waals surface area contributed by atoms with Gasteiger partial charge in [-0.05, 0) is 13.1 Å². The minimum atomic E-state index is -0.394. The summed E-state index contributed by atoms with van der Waals surface area (Å²) in [7, 11) is 1.79. The fourth-order valence-electron chi connectivity index (χ4n) is 2.41. The number of morpholine rings is 1. The highest BCUT2D eigenvalue weighted by Crippen LogP contribution is 2.17. The van der Waals surface area contributed by atoms with Crippen LogP contribution in [0.15, 0.2) is 18.5 Å². The van der Waals surface area contributed by atoms with Crippen molar-refractivity contribution < 1.29 is 14.3 Å². The zero-order chi connectivity index (χ0) is 16.1. The predicted octanol–water partition coefficient (Wildman–Crippen LogP) is -0.00690. The third-order valence-corrected chi connectivity index (χ3v) is 3.67. The predicted molar refractivity (Wildman–Crippen MR) is 81.6 cm³/mol. The standard InChI is InChI=1S/C14H19ClN4O3/c1-18(9-13(16)20)7-10-8-19(4-5-22-10)14(21)11-2-3-17-6-12(11)15/h2-3,6,10H,4-5,7-9H2,1H3,(H2,16,20)/t10-/m1/s1. The number of nitrogens with zero attached hydrogens (tertiary/aromatic N) is 3. The van der Waals surface area contributed by atoms with E-state index in [4.69, 9.17) is 22.1 Å². The lowest BCUT2D eigenvalue weighted by Crippen LogP contribution is -2.50. The van der Waals surface area contributed by atoms with Gasteiger partial charge in [-0.2, -0.15) is 0 Å².